The maximum atomic E-state index is 12.0. The predicted molar refractivity (Wildman–Crippen MR) is 88.4 cm³/mol. The number of pyridine rings is 1. The first-order valence-electron chi connectivity index (χ1n) is 6.99. The summed E-state index contributed by atoms with van der Waals surface area (Å²) in [7, 11) is 0. The molecule has 2 aromatic heterocycles. The van der Waals surface area contributed by atoms with Gasteiger partial charge < -0.3 is 9.88 Å². The molecule has 0 aliphatic heterocycles. The van der Waals surface area contributed by atoms with Crippen LogP contribution in [0.3, 0.4) is 0 Å². The molecule has 0 unspecified atom stereocenters. The van der Waals surface area contributed by atoms with Crippen molar-refractivity contribution in [2.75, 3.05) is 11.1 Å². The Labute approximate surface area is 138 Å². The van der Waals surface area contributed by atoms with E-state index >= 15 is 0 Å². The highest BCUT2D eigenvalue weighted by molar-refractivity contribution is 7.99. The summed E-state index contributed by atoms with van der Waals surface area (Å²) in [5.41, 5.74) is 0.509. The molecular formula is C14H18ClN5OS. The molecule has 2 heterocycles. The number of amides is 1. The minimum absolute atomic E-state index is 0.156. The van der Waals surface area contributed by atoms with Gasteiger partial charge >= 0.3 is 0 Å². The monoisotopic (exact) mass is 339 g/mol. The zero-order valence-corrected chi connectivity index (χ0v) is 14.3. The van der Waals surface area contributed by atoms with Crippen LogP contribution in [0, 0.1) is 0 Å². The topological polar surface area (TPSA) is 72.7 Å². The Balaban J connectivity index is 1.98. The molecule has 22 heavy (non-hydrogen) atoms. The second kappa shape index (κ2) is 7.60. The first-order chi connectivity index (χ1) is 10.5. The van der Waals surface area contributed by atoms with E-state index in [0.717, 1.165) is 17.5 Å². The molecule has 0 spiro atoms. The highest BCUT2D eigenvalue weighted by atomic mass is 35.5. The van der Waals surface area contributed by atoms with E-state index in [1.807, 2.05) is 11.5 Å². The highest BCUT2D eigenvalue weighted by Crippen LogP contribution is 2.22. The van der Waals surface area contributed by atoms with Gasteiger partial charge in [0.1, 0.15) is 5.82 Å². The van der Waals surface area contributed by atoms with E-state index in [1.54, 1.807) is 18.3 Å². The fraction of sp³-hybridized carbons (Fsp3) is 0.429. The lowest BCUT2D eigenvalue weighted by Gasteiger charge is -2.09. The molecule has 118 valence electrons. The standard InChI is InChI=1S/C14H18ClN5OS/c1-4-20-13(9(2)3)18-19-14(20)22-8-11(21)17-10-6-5-7-16-12(10)15/h5-7,9H,4,8H2,1-3H3,(H,17,21). The van der Waals surface area contributed by atoms with Gasteiger partial charge in [-0.25, -0.2) is 4.98 Å². The van der Waals surface area contributed by atoms with E-state index in [1.165, 1.54) is 11.8 Å². The Hall–Kier alpha value is -1.60. The van der Waals surface area contributed by atoms with Gasteiger partial charge in [-0.1, -0.05) is 37.2 Å². The third-order valence-corrected chi connectivity index (χ3v) is 4.21. The maximum Gasteiger partial charge on any atom is 0.234 e. The van der Waals surface area contributed by atoms with Crippen LogP contribution in [0.2, 0.25) is 5.15 Å². The number of hydrogen-bond donors (Lipinski definition) is 1. The third-order valence-electron chi connectivity index (χ3n) is 2.94. The summed E-state index contributed by atoms with van der Waals surface area (Å²) in [5, 5.41) is 12.1. The molecule has 0 saturated carbocycles. The van der Waals surface area contributed by atoms with Crippen LogP contribution in [0.5, 0.6) is 0 Å². The molecule has 0 aliphatic rings. The molecule has 8 heteroatoms. The van der Waals surface area contributed by atoms with Crippen molar-refractivity contribution >= 4 is 35.0 Å². The van der Waals surface area contributed by atoms with Crippen molar-refractivity contribution in [3.63, 3.8) is 0 Å². The first-order valence-corrected chi connectivity index (χ1v) is 8.35. The second-order valence-corrected chi connectivity index (χ2v) is 6.22. The van der Waals surface area contributed by atoms with Crippen LogP contribution >= 0.6 is 23.4 Å². The number of hydrogen-bond acceptors (Lipinski definition) is 5. The lowest BCUT2D eigenvalue weighted by molar-refractivity contribution is -0.113. The summed E-state index contributed by atoms with van der Waals surface area (Å²) in [6, 6.07) is 3.43. The van der Waals surface area contributed by atoms with Gasteiger partial charge in [0, 0.05) is 18.7 Å². The van der Waals surface area contributed by atoms with Crippen LogP contribution in [-0.2, 0) is 11.3 Å². The van der Waals surface area contributed by atoms with Gasteiger partial charge in [0.2, 0.25) is 5.91 Å². The van der Waals surface area contributed by atoms with E-state index < -0.39 is 0 Å². The van der Waals surface area contributed by atoms with E-state index in [-0.39, 0.29) is 16.8 Å². The summed E-state index contributed by atoms with van der Waals surface area (Å²) in [5.74, 6) is 1.31. The number of halogens is 1. The van der Waals surface area contributed by atoms with Crippen molar-refractivity contribution in [1.29, 1.82) is 0 Å². The third kappa shape index (κ3) is 3.98. The Morgan fingerprint density at radius 1 is 1.45 bits per heavy atom. The van der Waals surface area contributed by atoms with Gasteiger partial charge in [-0.2, -0.15) is 0 Å². The summed E-state index contributed by atoms with van der Waals surface area (Å²) >= 11 is 7.27. The molecule has 0 bridgehead atoms. The van der Waals surface area contributed by atoms with E-state index in [0.29, 0.717) is 11.6 Å². The molecule has 0 saturated heterocycles. The quantitative estimate of drug-likeness (QED) is 0.646. The molecule has 2 aromatic rings. The zero-order valence-electron chi connectivity index (χ0n) is 12.7. The van der Waals surface area contributed by atoms with Crippen LogP contribution < -0.4 is 5.32 Å². The molecule has 0 fully saturated rings. The van der Waals surface area contributed by atoms with Crippen LogP contribution in [-0.4, -0.2) is 31.4 Å². The number of nitrogens with one attached hydrogen (secondary N) is 1. The number of rotatable bonds is 6. The van der Waals surface area contributed by atoms with Crippen LogP contribution in [0.25, 0.3) is 0 Å². The molecule has 1 N–H and O–H groups in total. The summed E-state index contributed by atoms with van der Waals surface area (Å²) < 4.78 is 2.03. The summed E-state index contributed by atoms with van der Waals surface area (Å²) in [4.78, 5) is 15.9. The van der Waals surface area contributed by atoms with Crippen molar-refractivity contribution in [3.8, 4) is 0 Å². The Bertz CT molecular complexity index is 658. The molecule has 0 atom stereocenters. The number of thioether (sulfide) groups is 1. The number of anilines is 1. The van der Waals surface area contributed by atoms with Crippen molar-refractivity contribution in [2.24, 2.45) is 0 Å². The van der Waals surface area contributed by atoms with E-state index in [4.69, 9.17) is 11.6 Å². The van der Waals surface area contributed by atoms with E-state index in [2.05, 4.69) is 34.3 Å². The average molecular weight is 340 g/mol. The molecule has 2 rings (SSSR count). The SMILES string of the molecule is CCn1c(SCC(=O)Nc2cccnc2Cl)nnc1C(C)C. The zero-order chi connectivity index (χ0) is 16.1. The highest BCUT2D eigenvalue weighted by Gasteiger charge is 2.15. The number of aromatic nitrogens is 4. The van der Waals surface area contributed by atoms with Crippen LogP contribution in [0.15, 0.2) is 23.5 Å². The number of nitrogens with zero attached hydrogens (tertiary/aromatic N) is 4. The number of carbonyl (C=O) groups is 1. The van der Waals surface area contributed by atoms with Crippen LogP contribution in [0.1, 0.15) is 32.5 Å². The molecule has 6 nitrogen and oxygen atoms in total. The number of carbonyl (C=O) groups excluding carboxylic acids is 1. The lowest BCUT2D eigenvalue weighted by Crippen LogP contribution is -2.15. The molecule has 0 radical (unpaired) electrons. The first kappa shape index (κ1) is 16.8. The fourth-order valence-corrected chi connectivity index (χ4v) is 2.90. The van der Waals surface area contributed by atoms with E-state index in [9.17, 15) is 4.79 Å². The lowest BCUT2D eigenvalue weighted by atomic mass is 10.2. The van der Waals surface area contributed by atoms with Gasteiger partial charge in [0.05, 0.1) is 11.4 Å². The van der Waals surface area contributed by atoms with Gasteiger partial charge in [-0.15, -0.1) is 10.2 Å². The van der Waals surface area contributed by atoms with Crippen LogP contribution in [0.4, 0.5) is 5.69 Å². The smallest absolute Gasteiger partial charge is 0.234 e. The minimum Gasteiger partial charge on any atom is -0.323 e. The van der Waals surface area contributed by atoms with Crippen molar-refractivity contribution in [2.45, 2.75) is 38.4 Å². The normalized spacial score (nSPS) is 11.0. The largest absolute Gasteiger partial charge is 0.323 e. The summed E-state index contributed by atoms with van der Waals surface area (Å²) in [6.07, 6.45) is 1.57. The molecule has 1 amide bonds. The molecular weight excluding hydrogens is 322 g/mol. The van der Waals surface area contributed by atoms with Crippen molar-refractivity contribution in [3.05, 3.63) is 29.3 Å². The second-order valence-electron chi connectivity index (χ2n) is 4.92. The average Bonchev–Trinajstić information content (AvgIpc) is 2.90. The Kier molecular flexibility index (Phi) is 5.79. The van der Waals surface area contributed by atoms with Crippen molar-refractivity contribution < 1.29 is 4.79 Å². The molecule has 0 aromatic carbocycles. The Morgan fingerprint density at radius 2 is 2.23 bits per heavy atom. The molecule has 0 aliphatic carbocycles. The maximum absolute atomic E-state index is 12.0. The van der Waals surface area contributed by atoms with Gasteiger partial charge in [-0.05, 0) is 19.1 Å². The Morgan fingerprint density at radius 3 is 2.86 bits per heavy atom. The minimum atomic E-state index is -0.156. The van der Waals surface area contributed by atoms with Gasteiger partial charge in [-0.3, -0.25) is 4.79 Å². The van der Waals surface area contributed by atoms with Gasteiger partial charge in [0.15, 0.2) is 10.3 Å². The summed E-state index contributed by atoms with van der Waals surface area (Å²) in [6.45, 7) is 6.96. The van der Waals surface area contributed by atoms with Gasteiger partial charge in [0.25, 0.3) is 0 Å². The predicted octanol–water partition coefficient (Wildman–Crippen LogP) is 3.20. The van der Waals surface area contributed by atoms with Crippen molar-refractivity contribution in [1.82, 2.24) is 19.7 Å². The fourth-order valence-electron chi connectivity index (χ4n) is 1.93.